The van der Waals surface area contributed by atoms with Gasteiger partial charge in [-0.2, -0.15) is 0 Å². The maximum Gasteiger partial charge on any atom is 0.135 e. The first-order valence-corrected chi connectivity index (χ1v) is 3.13. The van der Waals surface area contributed by atoms with Crippen molar-refractivity contribution in [2.24, 2.45) is 5.40 Å². The van der Waals surface area contributed by atoms with Crippen molar-refractivity contribution in [3.05, 3.63) is 0 Å². The Labute approximate surface area is 35.5 Å². The summed E-state index contributed by atoms with van der Waals surface area (Å²) >= 11 is 0. The minimum absolute atomic E-state index is 0.658. The van der Waals surface area contributed by atoms with Crippen LogP contribution in [0.3, 0.4) is 0 Å². The summed E-state index contributed by atoms with van der Waals surface area (Å²) in [6.45, 7) is 2.14. The van der Waals surface area contributed by atoms with E-state index >= 15 is 0 Å². The molecule has 0 spiro atoms. The van der Waals surface area contributed by atoms with Crippen LogP contribution < -0.4 is 5.40 Å². The molecule has 0 fully saturated rings. The van der Waals surface area contributed by atoms with Gasteiger partial charge in [-0.05, 0) is 6.04 Å². The van der Waals surface area contributed by atoms with Crippen LogP contribution in [0.5, 0.6) is 0 Å². The van der Waals surface area contributed by atoms with E-state index < -0.39 is 0 Å². The molecule has 0 unspecified atom stereocenters. The molecule has 0 rings (SSSR count). The quantitative estimate of drug-likeness (QED) is 0.484. The molecule has 0 aromatic carbocycles. The van der Waals surface area contributed by atoms with Crippen molar-refractivity contribution in [3.63, 3.8) is 0 Å². The van der Waals surface area contributed by atoms with Crippen molar-refractivity contribution < 1.29 is 0 Å². The zero-order chi connectivity index (χ0) is 4.12. The van der Waals surface area contributed by atoms with Crippen LogP contribution >= 0.6 is 0 Å². The van der Waals surface area contributed by atoms with Gasteiger partial charge in [0.05, 0.1) is 0 Å². The van der Waals surface area contributed by atoms with Gasteiger partial charge in [0.1, 0.15) is 9.68 Å². The number of nitrogens with two attached hydrogens (primary N) is 1. The smallest absolute Gasteiger partial charge is 0.135 e. The van der Waals surface area contributed by atoms with Gasteiger partial charge in [0.2, 0.25) is 0 Å². The van der Waals surface area contributed by atoms with E-state index in [0.29, 0.717) is 9.68 Å². The maximum absolute atomic E-state index is 5.17. The molecule has 0 amide bonds. The average Bonchev–Trinajstić information content (AvgIpc) is 1.41. The Morgan fingerprint density at radius 3 is 2.40 bits per heavy atom. The minimum atomic E-state index is 0.658. The molecule has 0 aromatic heterocycles. The first kappa shape index (κ1) is 5.18. The molecule has 2 radical (unpaired) electrons. The molecule has 0 aliphatic rings. The van der Waals surface area contributed by atoms with Crippen molar-refractivity contribution in [1.29, 1.82) is 0 Å². The molecule has 1 nitrogen and oxygen atoms in total. The molecule has 0 saturated carbocycles. The molecular weight excluding hydrogens is 78.1 g/mol. The molecule has 0 bridgehead atoms. The monoisotopic (exact) mass is 87.1 g/mol. The van der Waals surface area contributed by atoms with Gasteiger partial charge in [0.25, 0.3) is 0 Å². The Kier molecular flexibility index (Phi) is 4.32. The molecule has 0 aliphatic heterocycles. The van der Waals surface area contributed by atoms with Crippen LogP contribution in [0.4, 0.5) is 0 Å². The highest BCUT2D eigenvalue weighted by molar-refractivity contribution is 6.30. The van der Waals surface area contributed by atoms with E-state index in [4.69, 9.17) is 5.40 Å². The predicted octanol–water partition coefficient (Wildman–Crippen LogP) is 0.393. The van der Waals surface area contributed by atoms with Gasteiger partial charge in [-0.15, -0.1) is 0 Å². The largest absolute Gasteiger partial charge is 0.353 e. The lowest BCUT2D eigenvalue weighted by atomic mass is 10.6. The first-order chi connectivity index (χ1) is 2.41. The maximum atomic E-state index is 5.17. The van der Waals surface area contributed by atoms with Gasteiger partial charge in [0.15, 0.2) is 0 Å². The van der Waals surface area contributed by atoms with E-state index in [1.807, 2.05) is 0 Å². The standard InChI is InChI=1S/C3H9NSi/c1-2-3-5-4/h2-4H2,1H3. The average molecular weight is 87.2 g/mol. The summed E-state index contributed by atoms with van der Waals surface area (Å²) in [6.07, 6.45) is 1.23. The van der Waals surface area contributed by atoms with Gasteiger partial charge < -0.3 is 5.40 Å². The zero-order valence-corrected chi connectivity index (χ0v) is 4.49. The lowest BCUT2D eigenvalue weighted by Gasteiger charge is -1.77. The van der Waals surface area contributed by atoms with Crippen molar-refractivity contribution >= 4 is 9.68 Å². The normalized spacial score (nSPS) is 8.40. The summed E-state index contributed by atoms with van der Waals surface area (Å²) in [5.41, 5.74) is 0. The van der Waals surface area contributed by atoms with E-state index in [1.165, 1.54) is 12.5 Å². The fraction of sp³-hybridized carbons (Fsp3) is 1.00. The van der Waals surface area contributed by atoms with Gasteiger partial charge in [-0.1, -0.05) is 13.3 Å². The van der Waals surface area contributed by atoms with Crippen LogP contribution in [0, 0.1) is 0 Å². The Bertz CT molecular complexity index is 14.4. The predicted molar refractivity (Wildman–Crippen MR) is 25.0 cm³/mol. The Balaban J connectivity index is 2.19. The minimum Gasteiger partial charge on any atom is -0.353 e. The number of rotatable bonds is 2. The van der Waals surface area contributed by atoms with E-state index in [-0.39, 0.29) is 0 Å². The lowest BCUT2D eigenvalue weighted by molar-refractivity contribution is 1.07. The molecule has 0 saturated heterocycles. The number of hydrogen-bond acceptors (Lipinski definition) is 1. The summed E-state index contributed by atoms with van der Waals surface area (Å²) in [6, 6.07) is 1.19. The molecule has 30 valence electrons. The third kappa shape index (κ3) is 4.18. The second-order valence-corrected chi connectivity index (χ2v) is 1.86. The second-order valence-electron chi connectivity index (χ2n) is 0.954. The van der Waals surface area contributed by atoms with Crippen molar-refractivity contribution in [2.45, 2.75) is 19.4 Å². The first-order valence-electron chi connectivity index (χ1n) is 1.85. The molecule has 5 heavy (non-hydrogen) atoms. The Morgan fingerprint density at radius 1 is 1.80 bits per heavy atom. The summed E-state index contributed by atoms with van der Waals surface area (Å²) < 4.78 is 0. The summed E-state index contributed by atoms with van der Waals surface area (Å²) in [4.78, 5) is 0. The third-order valence-corrected chi connectivity index (χ3v) is 1.18. The Morgan fingerprint density at radius 2 is 2.40 bits per heavy atom. The van der Waals surface area contributed by atoms with Crippen LogP contribution in [0.2, 0.25) is 6.04 Å². The highest BCUT2D eigenvalue weighted by Crippen LogP contribution is 1.77. The van der Waals surface area contributed by atoms with Crippen molar-refractivity contribution in [3.8, 4) is 0 Å². The van der Waals surface area contributed by atoms with Gasteiger partial charge in [-0.3, -0.25) is 0 Å². The summed E-state index contributed by atoms with van der Waals surface area (Å²) in [5, 5.41) is 5.17. The molecule has 2 heteroatoms. The number of hydrogen-bond donors (Lipinski definition) is 1. The van der Waals surface area contributed by atoms with E-state index in [9.17, 15) is 0 Å². The molecule has 0 atom stereocenters. The summed E-state index contributed by atoms with van der Waals surface area (Å²) in [7, 11) is 0.658. The molecule has 2 N–H and O–H groups in total. The molecule has 0 aromatic rings. The molecule has 0 heterocycles. The SMILES string of the molecule is CCC[Si]N. The van der Waals surface area contributed by atoms with Crippen molar-refractivity contribution in [2.75, 3.05) is 0 Å². The fourth-order valence-corrected chi connectivity index (χ4v) is 0.433. The molecular formula is C3H9NSi. The zero-order valence-electron chi connectivity index (χ0n) is 3.49. The van der Waals surface area contributed by atoms with Crippen LogP contribution in [0.15, 0.2) is 0 Å². The van der Waals surface area contributed by atoms with Gasteiger partial charge >= 0.3 is 0 Å². The summed E-state index contributed by atoms with van der Waals surface area (Å²) in [5.74, 6) is 0. The van der Waals surface area contributed by atoms with Crippen LogP contribution in [-0.2, 0) is 0 Å². The highest BCUT2D eigenvalue weighted by Gasteiger charge is 1.71. The lowest BCUT2D eigenvalue weighted by Crippen LogP contribution is -2.01. The van der Waals surface area contributed by atoms with Crippen molar-refractivity contribution in [1.82, 2.24) is 0 Å². The molecule has 0 aliphatic carbocycles. The van der Waals surface area contributed by atoms with Crippen LogP contribution in [0.1, 0.15) is 13.3 Å². The van der Waals surface area contributed by atoms with Crippen LogP contribution in [0.25, 0.3) is 0 Å². The van der Waals surface area contributed by atoms with Gasteiger partial charge in [-0.25, -0.2) is 0 Å². The second kappa shape index (κ2) is 4.18. The highest BCUT2D eigenvalue weighted by atomic mass is 28.2. The van der Waals surface area contributed by atoms with Gasteiger partial charge in [0, 0.05) is 0 Å². The third-order valence-electron chi connectivity index (χ3n) is 0.394. The topological polar surface area (TPSA) is 26.0 Å². The van der Waals surface area contributed by atoms with E-state index in [1.54, 1.807) is 0 Å². The fourth-order valence-electron chi connectivity index (χ4n) is 0.144. The Hall–Kier alpha value is 0.177. The van der Waals surface area contributed by atoms with E-state index in [2.05, 4.69) is 6.92 Å². The van der Waals surface area contributed by atoms with Crippen LogP contribution in [-0.4, -0.2) is 9.68 Å². The van der Waals surface area contributed by atoms with E-state index in [0.717, 1.165) is 0 Å².